The molecule has 1 aliphatic rings. The second-order valence-electron chi connectivity index (χ2n) is 5.29. The van der Waals surface area contributed by atoms with Crippen molar-refractivity contribution in [1.29, 1.82) is 0 Å². The zero-order valence-corrected chi connectivity index (χ0v) is 12.9. The molecule has 0 N–H and O–H groups in total. The summed E-state index contributed by atoms with van der Waals surface area (Å²) >= 11 is 1.63. The van der Waals surface area contributed by atoms with E-state index >= 15 is 0 Å². The number of thiazole rings is 1. The minimum absolute atomic E-state index is 0.0803. The summed E-state index contributed by atoms with van der Waals surface area (Å²) in [5, 5.41) is 2.09. The Hall–Kier alpha value is -1.66. The van der Waals surface area contributed by atoms with Gasteiger partial charge >= 0.3 is 0 Å². The van der Waals surface area contributed by atoms with Crippen LogP contribution in [0.4, 0.5) is 0 Å². The maximum atomic E-state index is 12.5. The number of carbonyl (C=O) groups excluding carboxylic acids is 1. The quantitative estimate of drug-likeness (QED) is 0.873. The molecule has 0 radical (unpaired) electrons. The van der Waals surface area contributed by atoms with Crippen LogP contribution >= 0.6 is 11.3 Å². The predicted molar refractivity (Wildman–Crippen MR) is 81.4 cm³/mol. The minimum Gasteiger partial charge on any atom is -0.469 e. The number of hydrogen-bond acceptors (Lipinski definition) is 5. The van der Waals surface area contributed by atoms with E-state index < -0.39 is 0 Å². The summed E-state index contributed by atoms with van der Waals surface area (Å²) in [5.41, 5.74) is 3.67. The van der Waals surface area contributed by atoms with Gasteiger partial charge in [-0.2, -0.15) is 0 Å². The molecule has 0 saturated carbocycles. The monoisotopic (exact) mass is 305 g/mol. The molecule has 0 aromatic carbocycles. The summed E-state index contributed by atoms with van der Waals surface area (Å²) < 4.78 is 5.23. The van der Waals surface area contributed by atoms with Gasteiger partial charge in [-0.3, -0.25) is 9.69 Å². The lowest BCUT2D eigenvalue weighted by atomic mass is 10.2. The summed E-state index contributed by atoms with van der Waals surface area (Å²) in [6.07, 6.45) is 2.57. The van der Waals surface area contributed by atoms with Crippen LogP contribution in [0.3, 0.4) is 0 Å². The lowest BCUT2D eigenvalue weighted by molar-refractivity contribution is 0.0759. The second-order valence-corrected chi connectivity index (χ2v) is 6.01. The van der Waals surface area contributed by atoms with E-state index in [-0.39, 0.29) is 5.91 Å². The van der Waals surface area contributed by atoms with E-state index in [1.54, 1.807) is 23.7 Å². The van der Waals surface area contributed by atoms with Gasteiger partial charge < -0.3 is 9.32 Å². The van der Waals surface area contributed by atoms with Crippen LogP contribution in [-0.4, -0.2) is 46.9 Å². The molecule has 0 bridgehead atoms. The normalized spacial score (nSPS) is 16.9. The summed E-state index contributed by atoms with van der Waals surface area (Å²) in [7, 11) is 0. The molecular weight excluding hydrogens is 286 g/mol. The molecule has 3 heterocycles. The van der Waals surface area contributed by atoms with Crippen molar-refractivity contribution in [2.45, 2.75) is 19.9 Å². The van der Waals surface area contributed by atoms with Gasteiger partial charge in [0.2, 0.25) is 0 Å². The van der Waals surface area contributed by atoms with Crippen LogP contribution < -0.4 is 0 Å². The van der Waals surface area contributed by atoms with Crippen molar-refractivity contribution >= 4 is 17.2 Å². The zero-order valence-electron chi connectivity index (χ0n) is 12.1. The molecule has 1 aliphatic heterocycles. The van der Waals surface area contributed by atoms with E-state index in [4.69, 9.17) is 4.42 Å². The molecule has 6 heteroatoms. The lowest BCUT2D eigenvalue weighted by Gasteiger charge is -2.21. The molecule has 3 rings (SSSR count). The third-order valence-corrected chi connectivity index (χ3v) is 4.47. The van der Waals surface area contributed by atoms with E-state index in [0.717, 1.165) is 44.8 Å². The SMILES string of the molecule is Cc1occc1C(=O)N1CCCN(Cc2cscn2)CC1. The molecular formula is C15H19N3O2S. The Kier molecular flexibility index (Phi) is 4.36. The first kappa shape index (κ1) is 14.3. The smallest absolute Gasteiger partial charge is 0.257 e. The highest BCUT2D eigenvalue weighted by Crippen LogP contribution is 2.15. The highest BCUT2D eigenvalue weighted by molar-refractivity contribution is 7.07. The minimum atomic E-state index is 0.0803. The highest BCUT2D eigenvalue weighted by atomic mass is 32.1. The fraction of sp³-hybridized carbons (Fsp3) is 0.467. The van der Waals surface area contributed by atoms with Gasteiger partial charge in [-0.15, -0.1) is 11.3 Å². The number of hydrogen-bond donors (Lipinski definition) is 0. The Morgan fingerprint density at radius 3 is 3.00 bits per heavy atom. The van der Waals surface area contributed by atoms with Crippen LogP contribution in [0.2, 0.25) is 0 Å². The molecule has 5 nitrogen and oxygen atoms in total. The van der Waals surface area contributed by atoms with E-state index in [1.165, 1.54) is 0 Å². The molecule has 0 spiro atoms. The Labute approximate surface area is 128 Å². The van der Waals surface area contributed by atoms with Crippen molar-refractivity contribution < 1.29 is 9.21 Å². The Bertz CT molecular complexity index is 594. The topological polar surface area (TPSA) is 49.6 Å². The lowest BCUT2D eigenvalue weighted by Crippen LogP contribution is -2.35. The van der Waals surface area contributed by atoms with Gasteiger partial charge in [0.1, 0.15) is 5.76 Å². The van der Waals surface area contributed by atoms with E-state index in [0.29, 0.717) is 11.3 Å². The second kappa shape index (κ2) is 6.41. The third-order valence-electron chi connectivity index (χ3n) is 3.83. The number of amides is 1. The van der Waals surface area contributed by atoms with Crippen LogP contribution in [-0.2, 0) is 6.54 Å². The van der Waals surface area contributed by atoms with Crippen LogP contribution in [0.25, 0.3) is 0 Å². The Balaban J connectivity index is 1.60. The molecule has 21 heavy (non-hydrogen) atoms. The molecule has 2 aromatic rings. The van der Waals surface area contributed by atoms with E-state index in [2.05, 4.69) is 15.3 Å². The van der Waals surface area contributed by atoms with Crippen molar-refractivity contribution in [1.82, 2.24) is 14.8 Å². The molecule has 0 unspecified atom stereocenters. The maximum absolute atomic E-state index is 12.5. The first-order valence-corrected chi connectivity index (χ1v) is 8.11. The van der Waals surface area contributed by atoms with Gasteiger partial charge in [-0.25, -0.2) is 4.98 Å². The summed E-state index contributed by atoms with van der Waals surface area (Å²) in [6.45, 7) is 6.16. The zero-order chi connectivity index (χ0) is 14.7. The largest absolute Gasteiger partial charge is 0.469 e. The van der Waals surface area contributed by atoms with Crippen molar-refractivity contribution in [3.8, 4) is 0 Å². The summed E-state index contributed by atoms with van der Waals surface area (Å²) in [4.78, 5) is 21.1. The van der Waals surface area contributed by atoms with Gasteiger partial charge in [0.05, 0.1) is 23.0 Å². The molecule has 112 valence electrons. The fourth-order valence-corrected chi connectivity index (χ4v) is 3.20. The molecule has 1 amide bonds. The molecule has 1 saturated heterocycles. The number of aryl methyl sites for hydroxylation is 1. The van der Waals surface area contributed by atoms with Gasteiger partial charge in [0, 0.05) is 38.1 Å². The predicted octanol–water partition coefficient (Wildman–Crippen LogP) is 2.39. The van der Waals surface area contributed by atoms with Crippen molar-refractivity contribution in [3.05, 3.63) is 40.2 Å². The first-order chi connectivity index (χ1) is 10.2. The average Bonchev–Trinajstić information content (AvgIpc) is 3.07. The first-order valence-electron chi connectivity index (χ1n) is 7.17. The van der Waals surface area contributed by atoms with Gasteiger partial charge in [0.15, 0.2) is 0 Å². The average molecular weight is 305 g/mol. The number of nitrogens with zero attached hydrogens (tertiary/aromatic N) is 3. The van der Waals surface area contributed by atoms with Crippen LogP contribution in [0.1, 0.15) is 28.2 Å². The standard InChI is InChI=1S/C15H19N3O2S/c1-12-14(3-8-20-12)15(19)18-5-2-4-17(6-7-18)9-13-10-21-11-16-13/h3,8,10-11H,2,4-7,9H2,1H3. The van der Waals surface area contributed by atoms with Crippen LogP contribution in [0, 0.1) is 6.92 Å². The number of carbonyl (C=O) groups is 1. The molecule has 2 aromatic heterocycles. The Morgan fingerprint density at radius 1 is 1.38 bits per heavy atom. The summed E-state index contributed by atoms with van der Waals surface area (Å²) in [6, 6.07) is 1.76. The van der Waals surface area contributed by atoms with Crippen LogP contribution in [0.5, 0.6) is 0 Å². The third kappa shape index (κ3) is 3.33. The van der Waals surface area contributed by atoms with E-state index in [1.807, 2.05) is 17.3 Å². The number of rotatable bonds is 3. The molecule has 0 aliphatic carbocycles. The number of furan rings is 1. The van der Waals surface area contributed by atoms with Crippen molar-refractivity contribution in [2.24, 2.45) is 0 Å². The van der Waals surface area contributed by atoms with Gasteiger partial charge in [0.25, 0.3) is 5.91 Å². The van der Waals surface area contributed by atoms with Gasteiger partial charge in [-0.1, -0.05) is 0 Å². The fourth-order valence-electron chi connectivity index (χ4n) is 2.65. The van der Waals surface area contributed by atoms with Crippen LogP contribution in [0.15, 0.2) is 27.6 Å². The number of aromatic nitrogens is 1. The van der Waals surface area contributed by atoms with E-state index in [9.17, 15) is 4.79 Å². The maximum Gasteiger partial charge on any atom is 0.257 e. The Morgan fingerprint density at radius 2 is 2.29 bits per heavy atom. The van der Waals surface area contributed by atoms with Gasteiger partial charge in [-0.05, 0) is 19.4 Å². The summed E-state index contributed by atoms with van der Waals surface area (Å²) in [5.74, 6) is 0.778. The molecule has 1 fully saturated rings. The molecule has 0 atom stereocenters. The van der Waals surface area contributed by atoms with Crippen molar-refractivity contribution in [2.75, 3.05) is 26.2 Å². The highest BCUT2D eigenvalue weighted by Gasteiger charge is 2.22. The van der Waals surface area contributed by atoms with Crippen molar-refractivity contribution in [3.63, 3.8) is 0 Å².